The van der Waals surface area contributed by atoms with E-state index in [2.05, 4.69) is 36.8 Å². The zero-order valence-electron chi connectivity index (χ0n) is 11.5. The molecule has 100 valence electrons. The molecule has 3 nitrogen and oxygen atoms in total. The molecule has 0 spiro atoms. The predicted octanol–water partition coefficient (Wildman–Crippen LogP) is 3.05. The third kappa shape index (κ3) is 5.10. The van der Waals surface area contributed by atoms with E-state index in [0.29, 0.717) is 5.25 Å². The molecule has 2 N–H and O–H groups in total. The molecule has 0 radical (unpaired) electrons. The Hall–Kier alpha value is -1.00. The van der Waals surface area contributed by atoms with E-state index in [4.69, 9.17) is 0 Å². The molecule has 1 rings (SSSR count). The average Bonchev–Trinajstić information content (AvgIpc) is 2.35. The second-order valence-corrected chi connectivity index (χ2v) is 5.76. The van der Waals surface area contributed by atoms with Gasteiger partial charge in [-0.25, -0.2) is 0 Å². The fourth-order valence-corrected chi connectivity index (χ4v) is 1.90. The molecule has 0 aromatic heterocycles. The van der Waals surface area contributed by atoms with E-state index < -0.39 is 0 Å². The molecule has 0 saturated carbocycles. The Labute approximate surface area is 114 Å². The maximum absolute atomic E-state index is 11.0. The van der Waals surface area contributed by atoms with Crippen LogP contribution in [-0.4, -0.2) is 24.0 Å². The molecule has 0 saturated heterocycles. The van der Waals surface area contributed by atoms with Gasteiger partial charge in [0.15, 0.2) is 0 Å². The fourth-order valence-electron chi connectivity index (χ4n) is 1.63. The number of rotatable bonds is 6. The maximum atomic E-state index is 11.0. The summed E-state index contributed by atoms with van der Waals surface area (Å²) < 4.78 is 0. The summed E-state index contributed by atoms with van der Waals surface area (Å²) >= 11 is 1.85. The van der Waals surface area contributed by atoms with Gasteiger partial charge in [-0.05, 0) is 30.9 Å². The standard InChI is InChI=1S/C14H22N2OS/c1-10(18-4)9-15-11(2)13-6-5-7-14(8-13)16-12(3)17/h5-8,10-11,15H,9H2,1-4H3,(H,16,17)/t10-,11-/m0/s1. The second kappa shape index (κ2) is 7.44. The van der Waals surface area contributed by atoms with Crippen molar-refractivity contribution in [1.82, 2.24) is 5.32 Å². The van der Waals surface area contributed by atoms with Crippen LogP contribution in [0.3, 0.4) is 0 Å². The number of carbonyl (C=O) groups excluding carboxylic acids is 1. The summed E-state index contributed by atoms with van der Waals surface area (Å²) in [4.78, 5) is 11.0. The van der Waals surface area contributed by atoms with Gasteiger partial charge in [0.1, 0.15) is 0 Å². The lowest BCUT2D eigenvalue weighted by Gasteiger charge is -2.17. The molecule has 1 amide bonds. The Balaban J connectivity index is 2.62. The first-order chi connectivity index (χ1) is 8.52. The Morgan fingerprint density at radius 3 is 2.72 bits per heavy atom. The topological polar surface area (TPSA) is 41.1 Å². The van der Waals surface area contributed by atoms with Crippen LogP contribution in [0.5, 0.6) is 0 Å². The van der Waals surface area contributed by atoms with Gasteiger partial charge in [-0.15, -0.1) is 0 Å². The highest BCUT2D eigenvalue weighted by Crippen LogP contribution is 2.18. The number of hydrogen-bond acceptors (Lipinski definition) is 3. The summed E-state index contributed by atoms with van der Waals surface area (Å²) in [5, 5.41) is 6.90. The van der Waals surface area contributed by atoms with Crippen molar-refractivity contribution in [2.24, 2.45) is 0 Å². The van der Waals surface area contributed by atoms with Crippen molar-refractivity contribution in [3.8, 4) is 0 Å². The lowest BCUT2D eigenvalue weighted by molar-refractivity contribution is -0.114. The molecule has 0 aliphatic carbocycles. The van der Waals surface area contributed by atoms with Gasteiger partial charge in [-0.3, -0.25) is 4.79 Å². The van der Waals surface area contributed by atoms with E-state index in [1.54, 1.807) is 0 Å². The van der Waals surface area contributed by atoms with Gasteiger partial charge < -0.3 is 10.6 Å². The van der Waals surface area contributed by atoms with Gasteiger partial charge in [0.25, 0.3) is 0 Å². The number of carbonyl (C=O) groups is 1. The number of amides is 1. The second-order valence-electron chi connectivity index (χ2n) is 4.48. The number of benzene rings is 1. The van der Waals surface area contributed by atoms with Crippen LogP contribution in [0.2, 0.25) is 0 Å². The minimum absolute atomic E-state index is 0.0382. The highest BCUT2D eigenvalue weighted by Gasteiger charge is 2.07. The van der Waals surface area contributed by atoms with Crippen LogP contribution in [0.25, 0.3) is 0 Å². The van der Waals surface area contributed by atoms with E-state index in [0.717, 1.165) is 12.2 Å². The summed E-state index contributed by atoms with van der Waals surface area (Å²) in [5.41, 5.74) is 2.04. The van der Waals surface area contributed by atoms with Gasteiger partial charge in [0.2, 0.25) is 5.91 Å². The molecule has 1 aromatic rings. The minimum Gasteiger partial charge on any atom is -0.326 e. The first kappa shape index (κ1) is 15.1. The summed E-state index contributed by atoms with van der Waals surface area (Å²) in [6.07, 6.45) is 2.12. The third-order valence-corrected chi connectivity index (χ3v) is 3.79. The third-order valence-electron chi connectivity index (χ3n) is 2.82. The largest absolute Gasteiger partial charge is 0.326 e. The van der Waals surface area contributed by atoms with E-state index in [1.807, 2.05) is 30.0 Å². The lowest BCUT2D eigenvalue weighted by Crippen LogP contribution is -2.25. The van der Waals surface area contributed by atoms with Crippen LogP contribution in [-0.2, 0) is 4.79 Å². The molecule has 0 heterocycles. The summed E-state index contributed by atoms with van der Waals surface area (Å²) in [7, 11) is 0. The van der Waals surface area contributed by atoms with Gasteiger partial charge in [0, 0.05) is 30.4 Å². The van der Waals surface area contributed by atoms with Gasteiger partial charge in [0.05, 0.1) is 0 Å². The molecule has 2 atom stereocenters. The van der Waals surface area contributed by atoms with Crippen LogP contribution in [0.15, 0.2) is 24.3 Å². The number of nitrogens with one attached hydrogen (secondary N) is 2. The summed E-state index contributed by atoms with van der Waals surface area (Å²) in [6.45, 7) is 6.85. The first-order valence-corrected chi connectivity index (χ1v) is 7.45. The van der Waals surface area contributed by atoms with Crippen LogP contribution in [0.1, 0.15) is 32.4 Å². The Morgan fingerprint density at radius 2 is 2.11 bits per heavy atom. The summed E-state index contributed by atoms with van der Waals surface area (Å²) in [6, 6.07) is 8.25. The zero-order chi connectivity index (χ0) is 13.5. The molecule has 0 aliphatic heterocycles. The molecule has 0 unspecified atom stereocenters. The Kier molecular flexibility index (Phi) is 6.22. The van der Waals surface area contributed by atoms with Crippen molar-refractivity contribution in [2.75, 3.05) is 18.1 Å². The van der Waals surface area contributed by atoms with Gasteiger partial charge >= 0.3 is 0 Å². The predicted molar refractivity (Wildman–Crippen MR) is 80.1 cm³/mol. The van der Waals surface area contributed by atoms with Gasteiger partial charge in [-0.2, -0.15) is 11.8 Å². The van der Waals surface area contributed by atoms with Crippen molar-refractivity contribution >= 4 is 23.4 Å². The highest BCUT2D eigenvalue weighted by atomic mass is 32.2. The van der Waals surface area contributed by atoms with E-state index >= 15 is 0 Å². The van der Waals surface area contributed by atoms with Crippen molar-refractivity contribution in [3.63, 3.8) is 0 Å². The molecule has 0 bridgehead atoms. The summed E-state index contributed by atoms with van der Waals surface area (Å²) in [5.74, 6) is -0.0382. The monoisotopic (exact) mass is 266 g/mol. The van der Waals surface area contributed by atoms with E-state index in [-0.39, 0.29) is 11.9 Å². The van der Waals surface area contributed by atoms with E-state index in [1.165, 1.54) is 12.5 Å². The molecule has 0 fully saturated rings. The van der Waals surface area contributed by atoms with Crippen molar-refractivity contribution < 1.29 is 4.79 Å². The van der Waals surface area contributed by atoms with Crippen molar-refractivity contribution in [3.05, 3.63) is 29.8 Å². The minimum atomic E-state index is -0.0382. The van der Waals surface area contributed by atoms with Gasteiger partial charge in [-0.1, -0.05) is 19.1 Å². The lowest BCUT2D eigenvalue weighted by atomic mass is 10.1. The number of anilines is 1. The molecule has 4 heteroatoms. The first-order valence-electron chi connectivity index (χ1n) is 6.16. The van der Waals surface area contributed by atoms with Crippen LogP contribution in [0, 0.1) is 0 Å². The Bertz CT molecular complexity index is 395. The van der Waals surface area contributed by atoms with E-state index in [9.17, 15) is 4.79 Å². The average molecular weight is 266 g/mol. The highest BCUT2D eigenvalue weighted by molar-refractivity contribution is 7.99. The molecule has 1 aromatic carbocycles. The Morgan fingerprint density at radius 1 is 1.39 bits per heavy atom. The number of thioether (sulfide) groups is 1. The molecular formula is C14H22N2OS. The SMILES string of the molecule is CS[C@@H](C)CN[C@@H](C)c1cccc(NC(C)=O)c1. The van der Waals surface area contributed by atoms with Crippen LogP contribution in [0.4, 0.5) is 5.69 Å². The van der Waals surface area contributed by atoms with Crippen LogP contribution >= 0.6 is 11.8 Å². The van der Waals surface area contributed by atoms with Crippen molar-refractivity contribution in [2.45, 2.75) is 32.1 Å². The zero-order valence-corrected chi connectivity index (χ0v) is 12.3. The van der Waals surface area contributed by atoms with Crippen LogP contribution < -0.4 is 10.6 Å². The normalized spacial score (nSPS) is 14.0. The molecule has 0 aliphatic rings. The quantitative estimate of drug-likeness (QED) is 0.831. The molecular weight excluding hydrogens is 244 g/mol. The smallest absolute Gasteiger partial charge is 0.221 e. The number of hydrogen-bond donors (Lipinski definition) is 2. The molecule has 18 heavy (non-hydrogen) atoms. The maximum Gasteiger partial charge on any atom is 0.221 e. The van der Waals surface area contributed by atoms with Crippen molar-refractivity contribution in [1.29, 1.82) is 0 Å². The fraction of sp³-hybridized carbons (Fsp3) is 0.500.